The van der Waals surface area contributed by atoms with Gasteiger partial charge in [-0.3, -0.25) is 0 Å². The van der Waals surface area contributed by atoms with E-state index in [0.717, 1.165) is 26.1 Å². The van der Waals surface area contributed by atoms with Crippen LogP contribution in [0.5, 0.6) is 0 Å². The number of rotatable bonds is 1. The van der Waals surface area contributed by atoms with E-state index < -0.39 is 5.60 Å². The Balaban J connectivity index is 2.64. The molecule has 0 aromatic rings. The van der Waals surface area contributed by atoms with Gasteiger partial charge in [-0.25, -0.2) is 0 Å². The fraction of sp³-hybridized carbons (Fsp3) is 1.00. The van der Waals surface area contributed by atoms with Gasteiger partial charge < -0.3 is 9.84 Å². The zero-order valence-corrected chi connectivity index (χ0v) is 7.68. The molecule has 0 bridgehead atoms. The fourth-order valence-electron chi connectivity index (χ4n) is 1.43. The van der Waals surface area contributed by atoms with Crippen LogP contribution in [0.4, 0.5) is 0 Å². The highest BCUT2D eigenvalue weighted by molar-refractivity contribution is 4.90. The van der Waals surface area contributed by atoms with Crippen molar-refractivity contribution >= 4 is 0 Å². The van der Waals surface area contributed by atoms with Crippen molar-refractivity contribution < 1.29 is 9.84 Å². The standard InChI is InChI=1S/C9H18O2/c1-8(2,10)9(3)4-6-11-7-5-9/h10H,4-7H2,1-3H3. The molecule has 1 heterocycles. The molecule has 1 saturated heterocycles. The molecular weight excluding hydrogens is 140 g/mol. The topological polar surface area (TPSA) is 29.5 Å². The Morgan fingerprint density at radius 3 is 2.00 bits per heavy atom. The van der Waals surface area contributed by atoms with E-state index in [9.17, 15) is 5.11 Å². The van der Waals surface area contributed by atoms with E-state index in [-0.39, 0.29) is 5.41 Å². The van der Waals surface area contributed by atoms with Gasteiger partial charge in [-0.1, -0.05) is 6.92 Å². The zero-order chi connectivity index (χ0) is 8.54. The Labute approximate surface area is 68.6 Å². The van der Waals surface area contributed by atoms with Crippen LogP contribution >= 0.6 is 0 Å². The summed E-state index contributed by atoms with van der Waals surface area (Å²) in [4.78, 5) is 0. The van der Waals surface area contributed by atoms with Crippen molar-refractivity contribution in [2.75, 3.05) is 13.2 Å². The first kappa shape index (κ1) is 9.01. The first-order valence-electron chi connectivity index (χ1n) is 4.26. The highest BCUT2D eigenvalue weighted by atomic mass is 16.5. The molecular formula is C9H18O2. The van der Waals surface area contributed by atoms with Gasteiger partial charge in [-0.2, -0.15) is 0 Å². The minimum Gasteiger partial charge on any atom is -0.390 e. The molecule has 1 rings (SSSR count). The fourth-order valence-corrected chi connectivity index (χ4v) is 1.43. The van der Waals surface area contributed by atoms with E-state index in [1.165, 1.54) is 0 Å². The van der Waals surface area contributed by atoms with Gasteiger partial charge in [0, 0.05) is 18.6 Å². The van der Waals surface area contributed by atoms with Crippen molar-refractivity contribution in [3.05, 3.63) is 0 Å². The molecule has 0 aromatic carbocycles. The van der Waals surface area contributed by atoms with Gasteiger partial charge in [0.2, 0.25) is 0 Å². The lowest BCUT2D eigenvalue weighted by Gasteiger charge is -2.43. The number of aliphatic hydroxyl groups is 1. The van der Waals surface area contributed by atoms with Crippen LogP contribution in [0.25, 0.3) is 0 Å². The van der Waals surface area contributed by atoms with E-state index in [4.69, 9.17) is 4.74 Å². The van der Waals surface area contributed by atoms with Crippen LogP contribution in [0.15, 0.2) is 0 Å². The second-order valence-corrected chi connectivity index (χ2v) is 4.23. The summed E-state index contributed by atoms with van der Waals surface area (Å²) in [7, 11) is 0. The molecule has 0 aromatic heterocycles. The lowest BCUT2D eigenvalue weighted by Crippen LogP contribution is -2.44. The monoisotopic (exact) mass is 158 g/mol. The Morgan fingerprint density at radius 2 is 1.73 bits per heavy atom. The molecule has 0 amide bonds. The molecule has 0 radical (unpaired) electrons. The SMILES string of the molecule is CC(C)(O)C1(C)CCOCC1. The summed E-state index contributed by atoms with van der Waals surface area (Å²) in [5.74, 6) is 0. The normalized spacial score (nSPS) is 25.1. The van der Waals surface area contributed by atoms with E-state index >= 15 is 0 Å². The smallest absolute Gasteiger partial charge is 0.0646 e. The van der Waals surface area contributed by atoms with Crippen molar-refractivity contribution in [1.29, 1.82) is 0 Å². The Morgan fingerprint density at radius 1 is 1.27 bits per heavy atom. The molecule has 1 fully saturated rings. The summed E-state index contributed by atoms with van der Waals surface area (Å²) in [5, 5.41) is 9.85. The lowest BCUT2D eigenvalue weighted by atomic mass is 9.70. The average molecular weight is 158 g/mol. The van der Waals surface area contributed by atoms with Crippen LogP contribution in [0.1, 0.15) is 33.6 Å². The van der Waals surface area contributed by atoms with Gasteiger partial charge in [0.1, 0.15) is 0 Å². The largest absolute Gasteiger partial charge is 0.390 e. The Kier molecular flexibility index (Phi) is 2.26. The lowest BCUT2D eigenvalue weighted by molar-refractivity contribution is -0.102. The highest BCUT2D eigenvalue weighted by Gasteiger charge is 2.40. The number of ether oxygens (including phenoxy) is 1. The summed E-state index contributed by atoms with van der Waals surface area (Å²) in [6, 6.07) is 0. The van der Waals surface area contributed by atoms with Crippen molar-refractivity contribution in [2.24, 2.45) is 5.41 Å². The maximum atomic E-state index is 9.85. The Bertz CT molecular complexity index is 129. The summed E-state index contributed by atoms with van der Waals surface area (Å²) < 4.78 is 5.25. The molecule has 0 spiro atoms. The molecule has 1 aliphatic heterocycles. The highest BCUT2D eigenvalue weighted by Crippen LogP contribution is 2.39. The maximum Gasteiger partial charge on any atom is 0.0646 e. The van der Waals surface area contributed by atoms with Crippen LogP contribution in [0.2, 0.25) is 0 Å². The molecule has 0 unspecified atom stereocenters. The molecule has 0 aliphatic carbocycles. The maximum absolute atomic E-state index is 9.85. The minimum absolute atomic E-state index is 0.0469. The van der Waals surface area contributed by atoms with Crippen LogP contribution < -0.4 is 0 Å². The second kappa shape index (κ2) is 2.76. The molecule has 0 atom stereocenters. The number of hydrogen-bond donors (Lipinski definition) is 1. The Hall–Kier alpha value is -0.0800. The van der Waals surface area contributed by atoms with E-state index in [2.05, 4.69) is 6.92 Å². The average Bonchev–Trinajstić information content (AvgIpc) is 1.87. The molecule has 66 valence electrons. The van der Waals surface area contributed by atoms with Crippen LogP contribution in [0, 0.1) is 5.41 Å². The summed E-state index contributed by atoms with van der Waals surface area (Å²) >= 11 is 0. The molecule has 1 N–H and O–H groups in total. The third-order valence-electron chi connectivity index (χ3n) is 3.07. The first-order chi connectivity index (χ1) is 4.96. The molecule has 11 heavy (non-hydrogen) atoms. The van der Waals surface area contributed by atoms with E-state index in [1.807, 2.05) is 13.8 Å². The third-order valence-corrected chi connectivity index (χ3v) is 3.07. The van der Waals surface area contributed by atoms with E-state index in [1.54, 1.807) is 0 Å². The van der Waals surface area contributed by atoms with Crippen molar-refractivity contribution in [2.45, 2.75) is 39.2 Å². The van der Waals surface area contributed by atoms with Gasteiger partial charge in [-0.05, 0) is 26.7 Å². The van der Waals surface area contributed by atoms with Crippen LogP contribution in [0.3, 0.4) is 0 Å². The van der Waals surface area contributed by atoms with Gasteiger partial charge in [0.25, 0.3) is 0 Å². The summed E-state index contributed by atoms with van der Waals surface area (Å²) in [5.41, 5.74) is -0.526. The minimum atomic E-state index is -0.573. The summed E-state index contributed by atoms with van der Waals surface area (Å²) in [6.07, 6.45) is 1.94. The second-order valence-electron chi connectivity index (χ2n) is 4.23. The quantitative estimate of drug-likeness (QED) is 0.627. The molecule has 2 nitrogen and oxygen atoms in total. The van der Waals surface area contributed by atoms with Crippen molar-refractivity contribution in [3.8, 4) is 0 Å². The first-order valence-corrected chi connectivity index (χ1v) is 4.26. The van der Waals surface area contributed by atoms with Gasteiger partial charge in [0.15, 0.2) is 0 Å². The predicted molar refractivity (Wildman–Crippen MR) is 44.5 cm³/mol. The van der Waals surface area contributed by atoms with Gasteiger partial charge in [-0.15, -0.1) is 0 Å². The van der Waals surface area contributed by atoms with E-state index in [0.29, 0.717) is 0 Å². The molecule has 0 saturated carbocycles. The zero-order valence-electron chi connectivity index (χ0n) is 7.68. The summed E-state index contributed by atoms with van der Waals surface area (Å²) in [6.45, 7) is 7.49. The van der Waals surface area contributed by atoms with Crippen molar-refractivity contribution in [1.82, 2.24) is 0 Å². The van der Waals surface area contributed by atoms with Gasteiger partial charge in [0.05, 0.1) is 5.60 Å². The van der Waals surface area contributed by atoms with Crippen LogP contribution in [-0.2, 0) is 4.74 Å². The van der Waals surface area contributed by atoms with Crippen LogP contribution in [-0.4, -0.2) is 23.9 Å². The van der Waals surface area contributed by atoms with Gasteiger partial charge >= 0.3 is 0 Å². The number of hydrogen-bond acceptors (Lipinski definition) is 2. The predicted octanol–water partition coefficient (Wildman–Crippen LogP) is 1.57. The molecule has 1 aliphatic rings. The molecule has 2 heteroatoms. The third kappa shape index (κ3) is 1.74. The van der Waals surface area contributed by atoms with Crippen molar-refractivity contribution in [3.63, 3.8) is 0 Å².